The lowest BCUT2D eigenvalue weighted by Gasteiger charge is -2.26. The number of aromatic nitrogens is 2. The van der Waals surface area contributed by atoms with E-state index in [4.69, 9.17) is 0 Å². The van der Waals surface area contributed by atoms with E-state index in [0.29, 0.717) is 18.4 Å². The minimum atomic E-state index is -0.905. The first-order chi connectivity index (χ1) is 9.79. The van der Waals surface area contributed by atoms with Crippen LogP contribution < -0.4 is 5.32 Å². The van der Waals surface area contributed by atoms with Crippen LogP contribution in [-0.4, -0.2) is 33.3 Å². The monoisotopic (exact) mass is 295 g/mol. The third kappa shape index (κ3) is 3.43. The molecule has 1 rings (SSSR count). The molecule has 0 aliphatic heterocycles. The van der Waals surface area contributed by atoms with Gasteiger partial charge in [-0.25, -0.2) is 0 Å². The quantitative estimate of drug-likeness (QED) is 0.809. The van der Waals surface area contributed by atoms with Crippen molar-refractivity contribution in [3.63, 3.8) is 0 Å². The van der Waals surface area contributed by atoms with E-state index in [1.54, 1.807) is 4.68 Å². The van der Waals surface area contributed by atoms with Gasteiger partial charge in [-0.2, -0.15) is 5.10 Å². The van der Waals surface area contributed by atoms with Crippen LogP contribution in [0.1, 0.15) is 62.6 Å². The Bertz CT molecular complexity index is 516. The Morgan fingerprint density at radius 1 is 1.38 bits per heavy atom. The molecular weight excluding hydrogens is 270 g/mol. The van der Waals surface area contributed by atoms with Gasteiger partial charge in [-0.1, -0.05) is 13.8 Å². The molecule has 0 unspecified atom stereocenters. The van der Waals surface area contributed by atoms with Gasteiger partial charge in [0.2, 0.25) is 0 Å². The zero-order valence-electron chi connectivity index (χ0n) is 13.4. The Kier molecular flexibility index (Phi) is 5.52. The molecular formula is C15H25N3O3. The second-order valence-electron chi connectivity index (χ2n) is 5.66. The van der Waals surface area contributed by atoms with Crippen molar-refractivity contribution in [2.24, 2.45) is 5.41 Å². The maximum absolute atomic E-state index is 12.2. The zero-order valence-corrected chi connectivity index (χ0v) is 13.4. The third-order valence-corrected chi connectivity index (χ3v) is 4.17. The molecule has 0 spiro atoms. The summed E-state index contributed by atoms with van der Waals surface area (Å²) in [7, 11) is 0. The molecule has 0 aliphatic rings. The fraction of sp³-hybridized carbons (Fsp3) is 0.667. The van der Waals surface area contributed by atoms with Crippen LogP contribution in [0.4, 0.5) is 0 Å². The van der Waals surface area contributed by atoms with Crippen molar-refractivity contribution in [2.75, 3.05) is 6.54 Å². The molecule has 0 saturated carbocycles. The van der Waals surface area contributed by atoms with E-state index in [1.165, 1.54) is 6.20 Å². The summed E-state index contributed by atoms with van der Waals surface area (Å²) in [5, 5.41) is 16.3. The summed E-state index contributed by atoms with van der Waals surface area (Å²) in [6.45, 7) is 9.60. The molecule has 0 bridgehead atoms. The molecule has 21 heavy (non-hydrogen) atoms. The molecule has 0 radical (unpaired) electrons. The highest BCUT2D eigenvalue weighted by Crippen LogP contribution is 2.26. The number of nitrogens with one attached hydrogen (secondary N) is 1. The number of aliphatic carboxylic acids is 1. The first-order valence-electron chi connectivity index (χ1n) is 7.34. The normalized spacial score (nSPS) is 11.7. The topological polar surface area (TPSA) is 84.2 Å². The van der Waals surface area contributed by atoms with Crippen LogP contribution in [0.2, 0.25) is 0 Å². The molecule has 6 heteroatoms. The first-order valence-corrected chi connectivity index (χ1v) is 7.34. The van der Waals surface area contributed by atoms with Gasteiger partial charge in [0.25, 0.3) is 5.91 Å². The van der Waals surface area contributed by atoms with Crippen molar-refractivity contribution >= 4 is 11.9 Å². The predicted molar refractivity (Wildman–Crippen MR) is 80.3 cm³/mol. The van der Waals surface area contributed by atoms with Crippen LogP contribution in [0.3, 0.4) is 0 Å². The summed E-state index contributed by atoms with van der Waals surface area (Å²) in [6.07, 6.45) is 2.48. The lowest BCUT2D eigenvalue weighted by atomic mass is 9.82. The number of carbonyl (C=O) groups excluding carboxylic acids is 1. The van der Waals surface area contributed by atoms with Gasteiger partial charge in [-0.15, -0.1) is 0 Å². The highest BCUT2D eigenvalue weighted by Gasteiger charge is 2.35. The minimum absolute atomic E-state index is 0.125. The van der Waals surface area contributed by atoms with E-state index in [0.717, 1.165) is 5.69 Å². The van der Waals surface area contributed by atoms with Crippen molar-refractivity contribution < 1.29 is 14.7 Å². The summed E-state index contributed by atoms with van der Waals surface area (Å²) >= 11 is 0. The molecule has 6 nitrogen and oxygen atoms in total. The van der Waals surface area contributed by atoms with Crippen LogP contribution in [0.15, 0.2) is 6.20 Å². The summed E-state index contributed by atoms with van der Waals surface area (Å²) in [5.74, 6) is -1.14. The second-order valence-corrected chi connectivity index (χ2v) is 5.66. The van der Waals surface area contributed by atoms with E-state index in [1.807, 2.05) is 34.6 Å². The molecule has 1 amide bonds. The van der Waals surface area contributed by atoms with Gasteiger partial charge < -0.3 is 10.4 Å². The number of nitrogens with zero attached hydrogens (tertiary/aromatic N) is 2. The summed E-state index contributed by atoms with van der Waals surface area (Å²) < 4.78 is 1.78. The molecule has 0 saturated heterocycles. The molecule has 118 valence electrons. The lowest BCUT2D eigenvalue weighted by Crippen LogP contribution is -2.42. The number of amides is 1. The van der Waals surface area contributed by atoms with Crippen LogP contribution in [0.25, 0.3) is 0 Å². The molecule has 0 fully saturated rings. The SMILES string of the molecule is CCC(CC)(CNC(=O)c1cnn(C(C)C)c1C)C(=O)O. The first kappa shape index (κ1) is 17.2. The van der Waals surface area contributed by atoms with E-state index in [9.17, 15) is 14.7 Å². The van der Waals surface area contributed by atoms with Gasteiger partial charge in [0.05, 0.1) is 17.2 Å². The van der Waals surface area contributed by atoms with Crippen molar-refractivity contribution in [3.8, 4) is 0 Å². The smallest absolute Gasteiger partial charge is 0.311 e. The molecule has 2 N–H and O–H groups in total. The third-order valence-electron chi connectivity index (χ3n) is 4.17. The number of rotatable bonds is 7. The molecule has 0 aromatic carbocycles. The van der Waals surface area contributed by atoms with Crippen LogP contribution in [0, 0.1) is 12.3 Å². The molecule has 0 atom stereocenters. The second kappa shape index (κ2) is 6.74. The Balaban J connectivity index is 2.85. The lowest BCUT2D eigenvalue weighted by molar-refractivity contribution is -0.149. The van der Waals surface area contributed by atoms with Gasteiger partial charge >= 0.3 is 5.97 Å². The number of carbonyl (C=O) groups is 2. The van der Waals surface area contributed by atoms with E-state index in [-0.39, 0.29) is 18.5 Å². The molecule has 0 aliphatic carbocycles. The van der Waals surface area contributed by atoms with E-state index >= 15 is 0 Å². The standard InChI is InChI=1S/C15H25N3O3/c1-6-15(7-2,14(20)21)9-16-13(19)12-8-17-18(10(3)4)11(12)5/h8,10H,6-7,9H2,1-5H3,(H,16,19)(H,20,21). The maximum Gasteiger partial charge on any atom is 0.311 e. The van der Waals surface area contributed by atoms with E-state index < -0.39 is 11.4 Å². The number of hydrogen-bond acceptors (Lipinski definition) is 3. The van der Waals surface area contributed by atoms with E-state index in [2.05, 4.69) is 10.4 Å². The maximum atomic E-state index is 12.2. The Morgan fingerprint density at radius 3 is 2.33 bits per heavy atom. The van der Waals surface area contributed by atoms with Crippen molar-refractivity contribution in [3.05, 3.63) is 17.5 Å². The minimum Gasteiger partial charge on any atom is -0.481 e. The van der Waals surface area contributed by atoms with Crippen molar-refractivity contribution in [1.82, 2.24) is 15.1 Å². The van der Waals surface area contributed by atoms with Gasteiger partial charge in [0.15, 0.2) is 0 Å². The average Bonchev–Trinajstić information content (AvgIpc) is 2.82. The van der Waals surface area contributed by atoms with Crippen LogP contribution >= 0.6 is 0 Å². The van der Waals surface area contributed by atoms with Gasteiger partial charge in [0.1, 0.15) is 0 Å². The van der Waals surface area contributed by atoms with Crippen molar-refractivity contribution in [1.29, 1.82) is 0 Å². The summed E-state index contributed by atoms with van der Waals surface area (Å²) in [6, 6.07) is 0.177. The van der Waals surface area contributed by atoms with Crippen LogP contribution in [0.5, 0.6) is 0 Å². The largest absolute Gasteiger partial charge is 0.481 e. The highest BCUT2D eigenvalue weighted by atomic mass is 16.4. The highest BCUT2D eigenvalue weighted by molar-refractivity contribution is 5.95. The summed E-state index contributed by atoms with van der Waals surface area (Å²) in [4.78, 5) is 23.7. The summed E-state index contributed by atoms with van der Waals surface area (Å²) in [5.41, 5.74) is 0.379. The van der Waals surface area contributed by atoms with Gasteiger partial charge in [-0.05, 0) is 33.6 Å². The Labute approximate surface area is 125 Å². The fourth-order valence-electron chi connectivity index (χ4n) is 2.39. The Morgan fingerprint density at radius 2 is 1.95 bits per heavy atom. The number of carboxylic acids is 1. The predicted octanol–water partition coefficient (Wildman–Crippen LogP) is 2.39. The average molecular weight is 295 g/mol. The number of hydrogen-bond donors (Lipinski definition) is 2. The molecule has 1 aromatic rings. The van der Waals surface area contributed by atoms with Gasteiger partial charge in [0, 0.05) is 18.3 Å². The molecule has 1 aromatic heterocycles. The zero-order chi connectivity index (χ0) is 16.2. The Hall–Kier alpha value is -1.85. The van der Waals surface area contributed by atoms with Gasteiger partial charge in [-0.3, -0.25) is 14.3 Å². The number of carboxylic acid groups (broad SMARTS) is 1. The van der Waals surface area contributed by atoms with Crippen LogP contribution in [-0.2, 0) is 4.79 Å². The fourth-order valence-corrected chi connectivity index (χ4v) is 2.39. The van der Waals surface area contributed by atoms with Crippen molar-refractivity contribution in [2.45, 2.75) is 53.5 Å². The molecule has 1 heterocycles.